The Balaban J connectivity index is 2.87. The van der Waals surface area contributed by atoms with E-state index in [9.17, 15) is 14.0 Å². The van der Waals surface area contributed by atoms with Gasteiger partial charge in [0.05, 0.1) is 4.47 Å². The van der Waals surface area contributed by atoms with Crippen LogP contribution in [0.25, 0.3) is 0 Å². The Bertz CT molecular complexity index is 493. The normalized spacial score (nSPS) is 13.7. The molecule has 0 saturated heterocycles. The number of benzene rings is 1. The molecule has 0 heterocycles. The van der Waals surface area contributed by atoms with Crippen molar-refractivity contribution < 1.29 is 19.1 Å². The largest absolute Gasteiger partial charge is 0.480 e. The Morgan fingerprint density at radius 3 is 2.58 bits per heavy atom. The second-order valence-corrected chi connectivity index (χ2v) is 5.16. The van der Waals surface area contributed by atoms with Gasteiger partial charge in [0.1, 0.15) is 11.9 Å². The van der Waals surface area contributed by atoms with E-state index in [1.165, 1.54) is 12.1 Å². The molecule has 0 saturated carbocycles. The van der Waals surface area contributed by atoms with Crippen molar-refractivity contribution in [2.75, 3.05) is 0 Å². The average molecular weight is 332 g/mol. The molecule has 0 unspecified atom stereocenters. The van der Waals surface area contributed by atoms with Crippen LogP contribution in [0.5, 0.6) is 0 Å². The molecule has 0 aliphatic heterocycles. The van der Waals surface area contributed by atoms with E-state index >= 15 is 0 Å². The summed E-state index contributed by atoms with van der Waals surface area (Å²) in [6.45, 7) is 3.58. The first-order chi connectivity index (χ1) is 8.86. The number of carboxylic acids is 1. The fourth-order valence-electron chi connectivity index (χ4n) is 1.55. The number of amides is 1. The summed E-state index contributed by atoms with van der Waals surface area (Å²) < 4.78 is 13.6. The molecule has 0 aromatic heterocycles. The molecule has 19 heavy (non-hydrogen) atoms. The van der Waals surface area contributed by atoms with E-state index in [1.807, 2.05) is 6.92 Å². The van der Waals surface area contributed by atoms with Crippen molar-refractivity contribution in [1.29, 1.82) is 0 Å². The van der Waals surface area contributed by atoms with Gasteiger partial charge < -0.3 is 10.4 Å². The summed E-state index contributed by atoms with van der Waals surface area (Å²) in [5, 5.41) is 11.5. The lowest BCUT2D eigenvalue weighted by atomic mass is 9.99. The van der Waals surface area contributed by atoms with Gasteiger partial charge in [-0.15, -0.1) is 0 Å². The predicted molar refractivity (Wildman–Crippen MR) is 72.4 cm³/mol. The van der Waals surface area contributed by atoms with E-state index in [4.69, 9.17) is 5.11 Å². The third-order valence-electron chi connectivity index (χ3n) is 2.95. The van der Waals surface area contributed by atoms with Crippen molar-refractivity contribution in [3.8, 4) is 0 Å². The van der Waals surface area contributed by atoms with Crippen LogP contribution in [0.3, 0.4) is 0 Å². The number of carbonyl (C=O) groups is 2. The van der Waals surface area contributed by atoms with Gasteiger partial charge in [0.25, 0.3) is 5.91 Å². The molecule has 104 valence electrons. The highest BCUT2D eigenvalue weighted by Crippen LogP contribution is 2.17. The Morgan fingerprint density at radius 1 is 1.47 bits per heavy atom. The van der Waals surface area contributed by atoms with Gasteiger partial charge in [-0.1, -0.05) is 20.3 Å². The first-order valence-corrected chi connectivity index (χ1v) is 6.64. The summed E-state index contributed by atoms with van der Waals surface area (Å²) in [7, 11) is 0. The van der Waals surface area contributed by atoms with Gasteiger partial charge in [-0.25, -0.2) is 9.18 Å². The minimum absolute atomic E-state index is 0.0928. The van der Waals surface area contributed by atoms with Gasteiger partial charge >= 0.3 is 5.97 Å². The Morgan fingerprint density at radius 2 is 2.11 bits per heavy atom. The van der Waals surface area contributed by atoms with Crippen molar-refractivity contribution in [2.45, 2.75) is 26.3 Å². The van der Waals surface area contributed by atoms with Crippen LogP contribution in [-0.2, 0) is 4.79 Å². The van der Waals surface area contributed by atoms with Gasteiger partial charge in [-0.2, -0.15) is 0 Å². The van der Waals surface area contributed by atoms with Crippen LogP contribution >= 0.6 is 15.9 Å². The molecule has 0 aliphatic rings. The molecule has 4 nitrogen and oxygen atoms in total. The van der Waals surface area contributed by atoms with Crippen LogP contribution in [0.1, 0.15) is 30.6 Å². The third kappa shape index (κ3) is 4.02. The second kappa shape index (κ2) is 6.65. The lowest BCUT2D eigenvalue weighted by Gasteiger charge is -2.20. The van der Waals surface area contributed by atoms with Crippen LogP contribution in [0.2, 0.25) is 0 Å². The Hall–Kier alpha value is -1.43. The molecule has 0 bridgehead atoms. The molecule has 0 fully saturated rings. The number of hydrogen-bond donors (Lipinski definition) is 2. The van der Waals surface area contributed by atoms with Crippen molar-refractivity contribution in [3.05, 3.63) is 34.1 Å². The summed E-state index contributed by atoms with van der Waals surface area (Å²) in [5.74, 6) is -2.47. The van der Waals surface area contributed by atoms with Gasteiger partial charge in [-0.3, -0.25) is 4.79 Å². The molecular formula is C13H15BrFNO3. The summed E-state index contributed by atoms with van der Waals surface area (Å²) in [5.41, 5.74) is 0.0928. The minimum atomic E-state index is -1.10. The van der Waals surface area contributed by atoms with Crippen LogP contribution in [0.15, 0.2) is 22.7 Å². The SMILES string of the molecule is CC[C@H](C)[C@H](NC(=O)c1ccc(Br)c(F)c1)C(=O)O. The number of rotatable bonds is 5. The number of carbonyl (C=O) groups excluding carboxylic acids is 1. The molecule has 1 rings (SSSR count). The fraction of sp³-hybridized carbons (Fsp3) is 0.385. The third-order valence-corrected chi connectivity index (χ3v) is 3.59. The molecule has 0 spiro atoms. The van der Waals surface area contributed by atoms with Crippen molar-refractivity contribution in [3.63, 3.8) is 0 Å². The van der Waals surface area contributed by atoms with E-state index in [0.29, 0.717) is 6.42 Å². The Labute approximate surface area is 119 Å². The van der Waals surface area contributed by atoms with Crippen LogP contribution in [0, 0.1) is 11.7 Å². The fourth-order valence-corrected chi connectivity index (χ4v) is 1.79. The Kier molecular flexibility index (Phi) is 5.47. The van der Waals surface area contributed by atoms with Gasteiger partial charge in [0, 0.05) is 5.56 Å². The summed E-state index contributed by atoms with van der Waals surface area (Å²) in [6.07, 6.45) is 0.617. The first-order valence-electron chi connectivity index (χ1n) is 5.85. The topological polar surface area (TPSA) is 66.4 Å². The van der Waals surface area contributed by atoms with Crippen molar-refractivity contribution in [2.24, 2.45) is 5.92 Å². The zero-order valence-corrected chi connectivity index (χ0v) is 12.2. The summed E-state index contributed by atoms with van der Waals surface area (Å²) in [4.78, 5) is 23.0. The van der Waals surface area contributed by atoms with Gasteiger partial charge in [0.15, 0.2) is 0 Å². The van der Waals surface area contributed by atoms with Crippen LogP contribution in [0.4, 0.5) is 4.39 Å². The van der Waals surface area contributed by atoms with Crippen LogP contribution < -0.4 is 5.32 Å². The zero-order valence-electron chi connectivity index (χ0n) is 10.6. The number of aliphatic carboxylic acids is 1. The lowest BCUT2D eigenvalue weighted by molar-refractivity contribution is -0.140. The maximum atomic E-state index is 13.3. The van der Waals surface area contributed by atoms with Crippen molar-refractivity contribution in [1.82, 2.24) is 5.32 Å². The van der Waals surface area contributed by atoms with E-state index < -0.39 is 23.7 Å². The highest BCUT2D eigenvalue weighted by molar-refractivity contribution is 9.10. The van der Waals surface area contributed by atoms with E-state index in [1.54, 1.807) is 6.92 Å². The van der Waals surface area contributed by atoms with Crippen LogP contribution in [-0.4, -0.2) is 23.0 Å². The molecule has 1 amide bonds. The van der Waals surface area contributed by atoms with E-state index in [0.717, 1.165) is 6.07 Å². The van der Waals surface area contributed by atoms with E-state index in [2.05, 4.69) is 21.2 Å². The van der Waals surface area contributed by atoms with E-state index in [-0.39, 0.29) is 16.0 Å². The van der Waals surface area contributed by atoms with Crippen molar-refractivity contribution >= 4 is 27.8 Å². The number of carboxylic acid groups (broad SMARTS) is 1. The number of hydrogen-bond acceptors (Lipinski definition) is 2. The molecule has 2 N–H and O–H groups in total. The number of nitrogens with one attached hydrogen (secondary N) is 1. The average Bonchev–Trinajstić information content (AvgIpc) is 2.37. The highest BCUT2D eigenvalue weighted by atomic mass is 79.9. The zero-order chi connectivity index (χ0) is 14.6. The van der Waals surface area contributed by atoms with Gasteiger partial charge in [0.2, 0.25) is 0 Å². The molecule has 1 aromatic carbocycles. The maximum absolute atomic E-state index is 13.3. The first kappa shape index (κ1) is 15.6. The lowest BCUT2D eigenvalue weighted by Crippen LogP contribution is -2.45. The monoisotopic (exact) mass is 331 g/mol. The molecule has 2 atom stereocenters. The summed E-state index contributed by atoms with van der Waals surface area (Å²) in [6, 6.07) is 2.92. The highest BCUT2D eigenvalue weighted by Gasteiger charge is 2.25. The minimum Gasteiger partial charge on any atom is -0.480 e. The molecule has 0 radical (unpaired) electrons. The van der Waals surface area contributed by atoms with Gasteiger partial charge in [-0.05, 0) is 40.0 Å². The molecule has 0 aliphatic carbocycles. The standard InChI is InChI=1S/C13H15BrFNO3/c1-3-7(2)11(13(18)19)16-12(17)8-4-5-9(14)10(15)6-8/h4-7,11H,3H2,1-2H3,(H,16,17)(H,18,19)/t7-,11-/m0/s1. The quantitative estimate of drug-likeness (QED) is 0.871. The molecular weight excluding hydrogens is 317 g/mol. The molecule has 6 heteroatoms. The smallest absolute Gasteiger partial charge is 0.326 e. The second-order valence-electron chi connectivity index (χ2n) is 4.30. The summed E-state index contributed by atoms with van der Waals surface area (Å²) >= 11 is 2.99. The molecule has 1 aromatic rings. The predicted octanol–water partition coefficient (Wildman–Crippen LogP) is 2.82. The maximum Gasteiger partial charge on any atom is 0.326 e. The number of halogens is 2.